The minimum absolute atomic E-state index is 0.257. The first-order valence-corrected chi connectivity index (χ1v) is 8.76. The van der Waals surface area contributed by atoms with Crippen molar-refractivity contribution in [3.05, 3.63) is 77.7 Å². The number of aryl methyl sites for hydroxylation is 2. The van der Waals surface area contributed by atoms with E-state index in [1.54, 1.807) is 6.20 Å². The van der Waals surface area contributed by atoms with Gasteiger partial charge in [0, 0.05) is 17.9 Å². The van der Waals surface area contributed by atoms with Gasteiger partial charge in [-0.05, 0) is 43.5 Å². The Morgan fingerprint density at radius 2 is 1.85 bits per heavy atom. The molecule has 1 aliphatic heterocycles. The number of nitrogens with one attached hydrogen (secondary N) is 1. The number of amides is 1. The minimum atomic E-state index is -0.257. The lowest BCUT2D eigenvalue weighted by Gasteiger charge is -2.30. The summed E-state index contributed by atoms with van der Waals surface area (Å²) in [4.78, 5) is 23.3. The Labute approximate surface area is 152 Å². The summed E-state index contributed by atoms with van der Waals surface area (Å²) in [6, 6.07) is 16.0. The van der Waals surface area contributed by atoms with Crippen molar-refractivity contribution in [2.24, 2.45) is 0 Å². The van der Waals surface area contributed by atoms with Gasteiger partial charge >= 0.3 is 0 Å². The Bertz CT molecular complexity index is 920. The number of carbonyl (C=O) groups is 1. The molecule has 130 valence electrons. The molecule has 0 saturated heterocycles. The molecule has 1 amide bonds. The lowest BCUT2D eigenvalue weighted by Crippen LogP contribution is -2.25. The minimum Gasteiger partial charge on any atom is -0.325 e. The van der Waals surface area contributed by atoms with Gasteiger partial charge in [0.1, 0.15) is 5.69 Å². The lowest BCUT2D eigenvalue weighted by atomic mass is 10.0. The van der Waals surface area contributed by atoms with E-state index in [-0.39, 0.29) is 5.91 Å². The number of hydrogen-bond acceptors (Lipinski definition) is 4. The lowest BCUT2D eigenvalue weighted by molar-refractivity contribution is 0.102. The summed E-state index contributed by atoms with van der Waals surface area (Å²) < 4.78 is 0. The summed E-state index contributed by atoms with van der Waals surface area (Å²) in [6.45, 7) is 2.91. The highest BCUT2D eigenvalue weighted by atomic mass is 16.1. The summed E-state index contributed by atoms with van der Waals surface area (Å²) in [5.41, 5.74) is 4.69. The van der Waals surface area contributed by atoms with E-state index in [1.807, 2.05) is 37.3 Å². The van der Waals surface area contributed by atoms with Crippen LogP contribution in [-0.2, 0) is 6.42 Å². The van der Waals surface area contributed by atoms with Crippen LogP contribution in [0.25, 0.3) is 0 Å². The first kappa shape index (κ1) is 16.3. The monoisotopic (exact) mass is 344 g/mol. The molecule has 5 nitrogen and oxygen atoms in total. The predicted octanol–water partition coefficient (Wildman–Crippen LogP) is 4.12. The van der Waals surface area contributed by atoms with Gasteiger partial charge < -0.3 is 10.2 Å². The average molecular weight is 344 g/mol. The van der Waals surface area contributed by atoms with Gasteiger partial charge in [0.2, 0.25) is 0 Å². The maximum absolute atomic E-state index is 12.4. The Hall–Kier alpha value is -3.21. The molecule has 0 radical (unpaired) electrons. The molecular weight excluding hydrogens is 324 g/mol. The zero-order valence-corrected chi connectivity index (χ0v) is 14.6. The van der Waals surface area contributed by atoms with Crippen LogP contribution < -0.4 is 10.2 Å². The van der Waals surface area contributed by atoms with Gasteiger partial charge in [-0.15, -0.1) is 0 Å². The van der Waals surface area contributed by atoms with Gasteiger partial charge in [-0.1, -0.05) is 35.9 Å². The molecular formula is C21H20N4O. The van der Waals surface area contributed by atoms with Crippen LogP contribution in [-0.4, -0.2) is 22.4 Å². The highest BCUT2D eigenvalue weighted by Gasteiger charge is 2.19. The van der Waals surface area contributed by atoms with Gasteiger partial charge in [-0.3, -0.25) is 4.79 Å². The average Bonchev–Trinajstić information content (AvgIpc) is 2.69. The van der Waals surface area contributed by atoms with Crippen molar-refractivity contribution in [1.29, 1.82) is 0 Å². The van der Waals surface area contributed by atoms with Crippen molar-refractivity contribution in [2.45, 2.75) is 19.8 Å². The summed E-state index contributed by atoms with van der Waals surface area (Å²) >= 11 is 0. The second kappa shape index (κ2) is 6.96. The highest BCUT2D eigenvalue weighted by Crippen LogP contribution is 2.31. The van der Waals surface area contributed by atoms with E-state index in [2.05, 4.69) is 38.4 Å². The predicted molar refractivity (Wildman–Crippen MR) is 103 cm³/mol. The molecule has 0 aliphatic carbocycles. The van der Waals surface area contributed by atoms with Crippen molar-refractivity contribution in [3.8, 4) is 0 Å². The number of benzene rings is 2. The largest absolute Gasteiger partial charge is 0.325 e. The van der Waals surface area contributed by atoms with Crippen LogP contribution >= 0.6 is 0 Å². The third-order valence-corrected chi connectivity index (χ3v) is 4.57. The first-order valence-electron chi connectivity index (χ1n) is 8.76. The topological polar surface area (TPSA) is 58.1 Å². The zero-order chi connectivity index (χ0) is 17.9. The van der Waals surface area contributed by atoms with Gasteiger partial charge in [-0.25, -0.2) is 9.97 Å². The molecule has 2 aromatic carbocycles. The fourth-order valence-corrected chi connectivity index (χ4v) is 3.18. The Morgan fingerprint density at radius 1 is 1.04 bits per heavy atom. The molecule has 5 heteroatoms. The smallest absolute Gasteiger partial charge is 0.275 e. The third kappa shape index (κ3) is 3.28. The molecule has 1 aromatic heterocycles. The molecule has 3 aromatic rings. The van der Waals surface area contributed by atoms with E-state index in [0.717, 1.165) is 36.5 Å². The fourth-order valence-electron chi connectivity index (χ4n) is 3.18. The van der Waals surface area contributed by atoms with Crippen molar-refractivity contribution in [1.82, 2.24) is 9.97 Å². The SMILES string of the molecule is Cc1ccc(NC(=O)c2cnc(N3CCCc4ccccc43)cn2)cc1. The van der Waals surface area contributed by atoms with Crippen molar-refractivity contribution >= 4 is 23.1 Å². The normalized spacial score (nSPS) is 13.2. The molecule has 2 heterocycles. The van der Waals surface area contributed by atoms with E-state index < -0.39 is 0 Å². The number of carbonyl (C=O) groups excluding carboxylic acids is 1. The van der Waals surface area contributed by atoms with Gasteiger partial charge in [0.05, 0.1) is 12.4 Å². The number of rotatable bonds is 3. The molecule has 0 atom stereocenters. The summed E-state index contributed by atoms with van der Waals surface area (Å²) in [5.74, 6) is 0.510. The van der Waals surface area contributed by atoms with Crippen LogP contribution in [0, 0.1) is 6.92 Å². The van der Waals surface area contributed by atoms with Gasteiger partial charge in [0.25, 0.3) is 5.91 Å². The molecule has 0 fully saturated rings. The molecule has 4 rings (SSSR count). The number of para-hydroxylation sites is 1. The van der Waals surface area contributed by atoms with E-state index in [9.17, 15) is 4.79 Å². The second-order valence-electron chi connectivity index (χ2n) is 6.46. The maximum Gasteiger partial charge on any atom is 0.275 e. The molecule has 0 spiro atoms. The summed E-state index contributed by atoms with van der Waals surface area (Å²) in [6.07, 6.45) is 5.37. The Balaban J connectivity index is 1.52. The van der Waals surface area contributed by atoms with Crippen LogP contribution in [0.5, 0.6) is 0 Å². The van der Waals surface area contributed by atoms with E-state index in [4.69, 9.17) is 0 Å². The number of nitrogens with zero attached hydrogens (tertiary/aromatic N) is 3. The van der Waals surface area contributed by atoms with Crippen LogP contribution in [0.15, 0.2) is 60.9 Å². The summed E-state index contributed by atoms with van der Waals surface area (Å²) in [7, 11) is 0. The molecule has 0 bridgehead atoms. The molecule has 26 heavy (non-hydrogen) atoms. The third-order valence-electron chi connectivity index (χ3n) is 4.57. The second-order valence-corrected chi connectivity index (χ2v) is 6.46. The number of aromatic nitrogens is 2. The van der Waals surface area contributed by atoms with E-state index >= 15 is 0 Å². The fraction of sp³-hybridized carbons (Fsp3) is 0.190. The van der Waals surface area contributed by atoms with Crippen molar-refractivity contribution in [3.63, 3.8) is 0 Å². The van der Waals surface area contributed by atoms with E-state index in [1.165, 1.54) is 17.4 Å². The van der Waals surface area contributed by atoms with Crippen molar-refractivity contribution < 1.29 is 4.79 Å². The maximum atomic E-state index is 12.4. The van der Waals surface area contributed by atoms with Gasteiger partial charge in [-0.2, -0.15) is 0 Å². The Kier molecular flexibility index (Phi) is 4.35. The first-order chi connectivity index (χ1) is 12.7. The zero-order valence-electron chi connectivity index (χ0n) is 14.6. The Morgan fingerprint density at radius 3 is 2.62 bits per heavy atom. The molecule has 1 aliphatic rings. The van der Waals surface area contributed by atoms with Crippen LogP contribution in [0.4, 0.5) is 17.2 Å². The van der Waals surface area contributed by atoms with Crippen LogP contribution in [0.1, 0.15) is 28.0 Å². The summed E-state index contributed by atoms with van der Waals surface area (Å²) in [5, 5.41) is 2.85. The molecule has 0 saturated carbocycles. The van der Waals surface area contributed by atoms with E-state index in [0.29, 0.717) is 5.69 Å². The molecule has 0 unspecified atom stereocenters. The number of hydrogen-bond donors (Lipinski definition) is 1. The highest BCUT2D eigenvalue weighted by molar-refractivity contribution is 6.02. The van der Waals surface area contributed by atoms with Crippen LogP contribution in [0.2, 0.25) is 0 Å². The van der Waals surface area contributed by atoms with Gasteiger partial charge in [0.15, 0.2) is 5.82 Å². The number of anilines is 3. The molecule has 1 N–H and O–H groups in total. The number of fused-ring (bicyclic) bond motifs is 1. The quantitative estimate of drug-likeness (QED) is 0.776. The van der Waals surface area contributed by atoms with Crippen LogP contribution in [0.3, 0.4) is 0 Å². The van der Waals surface area contributed by atoms with Crippen molar-refractivity contribution in [2.75, 3.05) is 16.8 Å². The standard InChI is InChI=1S/C21H20N4O/c1-15-8-10-17(11-9-15)24-21(26)18-13-23-20(14-22-18)25-12-4-6-16-5-2-3-7-19(16)25/h2-3,5,7-11,13-14H,4,6,12H2,1H3,(H,24,26).